The Labute approximate surface area is 174 Å². The lowest BCUT2D eigenvalue weighted by Crippen LogP contribution is -2.03. The highest BCUT2D eigenvalue weighted by molar-refractivity contribution is 7.19. The van der Waals surface area contributed by atoms with E-state index in [4.69, 9.17) is 14.7 Å². The van der Waals surface area contributed by atoms with Gasteiger partial charge in [-0.1, -0.05) is 42.5 Å². The van der Waals surface area contributed by atoms with E-state index in [2.05, 4.69) is 4.98 Å². The van der Waals surface area contributed by atoms with Gasteiger partial charge < -0.3 is 9.72 Å². The summed E-state index contributed by atoms with van der Waals surface area (Å²) in [5.41, 5.74) is 3.80. The molecular formula is C23H15F2N3OS. The summed E-state index contributed by atoms with van der Waals surface area (Å²) >= 11 is 1.52. The van der Waals surface area contributed by atoms with Gasteiger partial charge in [-0.3, -0.25) is 0 Å². The lowest BCUT2D eigenvalue weighted by atomic mass is 10.1. The maximum absolute atomic E-state index is 12.9. The number of imidazole rings is 1. The topological polar surface area (TPSA) is 50.8 Å². The number of nitrogens with one attached hydrogen (secondary N) is 1. The SMILES string of the molecule is FC(F)Oc1ccccc1/C=C(\c1nc2ccccc2[nH]1)c1nc2ccccc2s1. The first-order valence-electron chi connectivity index (χ1n) is 9.24. The Morgan fingerprint density at radius 2 is 1.63 bits per heavy atom. The van der Waals surface area contributed by atoms with Crippen molar-refractivity contribution in [2.45, 2.75) is 6.61 Å². The van der Waals surface area contributed by atoms with Crippen LogP contribution in [0.15, 0.2) is 72.8 Å². The highest BCUT2D eigenvalue weighted by Crippen LogP contribution is 2.34. The zero-order valence-electron chi connectivity index (χ0n) is 15.5. The van der Waals surface area contributed by atoms with Crippen molar-refractivity contribution in [3.63, 3.8) is 0 Å². The Hall–Kier alpha value is -3.58. The number of nitrogens with zero attached hydrogens (tertiary/aromatic N) is 2. The predicted octanol–water partition coefficient (Wildman–Crippen LogP) is 6.36. The molecule has 0 aliphatic rings. The molecule has 0 saturated carbocycles. The first-order chi connectivity index (χ1) is 14.7. The van der Waals surface area contributed by atoms with Gasteiger partial charge in [-0.25, -0.2) is 9.97 Å². The number of hydrogen-bond donors (Lipinski definition) is 1. The third kappa shape index (κ3) is 3.55. The third-order valence-corrected chi connectivity index (χ3v) is 5.67. The molecule has 5 aromatic rings. The molecule has 5 rings (SSSR count). The van der Waals surface area contributed by atoms with E-state index in [0.29, 0.717) is 17.0 Å². The van der Waals surface area contributed by atoms with Crippen molar-refractivity contribution in [2.75, 3.05) is 0 Å². The summed E-state index contributed by atoms with van der Waals surface area (Å²) < 4.78 is 31.5. The van der Waals surface area contributed by atoms with Crippen LogP contribution in [0.3, 0.4) is 0 Å². The molecule has 0 bridgehead atoms. The third-order valence-electron chi connectivity index (χ3n) is 4.60. The number of para-hydroxylation sites is 4. The fraction of sp³-hybridized carbons (Fsp3) is 0.0435. The van der Waals surface area contributed by atoms with Crippen LogP contribution >= 0.6 is 11.3 Å². The van der Waals surface area contributed by atoms with E-state index in [1.165, 1.54) is 17.4 Å². The molecule has 0 aliphatic heterocycles. The second kappa shape index (κ2) is 7.68. The van der Waals surface area contributed by atoms with Crippen molar-refractivity contribution in [3.8, 4) is 5.75 Å². The average molecular weight is 419 g/mol. The molecule has 0 saturated heterocycles. The van der Waals surface area contributed by atoms with Crippen LogP contribution in [0, 0.1) is 0 Å². The molecule has 0 atom stereocenters. The molecule has 148 valence electrons. The second-order valence-electron chi connectivity index (χ2n) is 6.56. The monoisotopic (exact) mass is 419 g/mol. The van der Waals surface area contributed by atoms with Crippen molar-refractivity contribution in [1.82, 2.24) is 15.0 Å². The smallest absolute Gasteiger partial charge is 0.387 e. The van der Waals surface area contributed by atoms with Crippen LogP contribution in [0.4, 0.5) is 8.78 Å². The van der Waals surface area contributed by atoms with Gasteiger partial charge in [0.2, 0.25) is 0 Å². The summed E-state index contributed by atoms with van der Waals surface area (Å²) in [6, 6.07) is 22.2. The van der Waals surface area contributed by atoms with E-state index in [-0.39, 0.29) is 5.75 Å². The Morgan fingerprint density at radius 3 is 2.43 bits per heavy atom. The van der Waals surface area contributed by atoms with Gasteiger partial charge in [0.25, 0.3) is 0 Å². The van der Waals surface area contributed by atoms with Gasteiger partial charge in [-0.05, 0) is 36.4 Å². The lowest BCUT2D eigenvalue weighted by molar-refractivity contribution is -0.0499. The highest BCUT2D eigenvalue weighted by atomic mass is 32.1. The van der Waals surface area contributed by atoms with Gasteiger partial charge in [-0.15, -0.1) is 11.3 Å². The first kappa shape index (κ1) is 18.4. The molecule has 0 unspecified atom stereocenters. The van der Waals surface area contributed by atoms with E-state index in [1.54, 1.807) is 24.3 Å². The summed E-state index contributed by atoms with van der Waals surface area (Å²) in [6.07, 6.45) is 1.78. The summed E-state index contributed by atoms with van der Waals surface area (Å²) in [7, 11) is 0. The first-order valence-corrected chi connectivity index (χ1v) is 10.1. The molecular weight excluding hydrogens is 404 g/mol. The minimum absolute atomic E-state index is 0.0993. The molecule has 7 heteroatoms. The molecule has 30 heavy (non-hydrogen) atoms. The Morgan fingerprint density at radius 1 is 0.900 bits per heavy atom. The minimum Gasteiger partial charge on any atom is -0.434 e. The van der Waals surface area contributed by atoms with Gasteiger partial charge in [-0.2, -0.15) is 8.78 Å². The van der Waals surface area contributed by atoms with Gasteiger partial charge in [0.1, 0.15) is 16.6 Å². The number of H-pyrrole nitrogens is 1. The molecule has 0 fully saturated rings. The number of thiazole rings is 1. The zero-order chi connectivity index (χ0) is 20.5. The molecule has 3 aromatic carbocycles. The number of halogens is 2. The molecule has 2 heterocycles. The van der Waals surface area contributed by atoms with Crippen molar-refractivity contribution in [1.29, 1.82) is 0 Å². The number of benzene rings is 3. The number of hydrogen-bond acceptors (Lipinski definition) is 4. The van der Waals surface area contributed by atoms with E-state index in [0.717, 1.165) is 26.3 Å². The Kier molecular flexibility index (Phi) is 4.72. The fourth-order valence-corrected chi connectivity index (χ4v) is 4.24. The fourth-order valence-electron chi connectivity index (χ4n) is 3.26. The highest BCUT2D eigenvalue weighted by Gasteiger charge is 2.17. The van der Waals surface area contributed by atoms with Crippen molar-refractivity contribution < 1.29 is 13.5 Å². The number of ether oxygens (including phenoxy) is 1. The van der Waals surface area contributed by atoms with E-state index >= 15 is 0 Å². The van der Waals surface area contributed by atoms with Crippen molar-refractivity contribution in [3.05, 3.63) is 89.2 Å². The van der Waals surface area contributed by atoms with E-state index < -0.39 is 6.61 Å². The minimum atomic E-state index is -2.91. The van der Waals surface area contributed by atoms with E-state index in [1.807, 2.05) is 48.5 Å². The number of fused-ring (bicyclic) bond motifs is 2. The van der Waals surface area contributed by atoms with Crippen LogP contribution in [-0.2, 0) is 0 Å². The molecule has 0 amide bonds. The molecule has 2 aromatic heterocycles. The van der Waals surface area contributed by atoms with Crippen LogP contribution in [0.5, 0.6) is 5.75 Å². The summed E-state index contributed by atoms with van der Waals surface area (Å²) in [5.74, 6) is 0.712. The van der Waals surface area contributed by atoms with Crippen LogP contribution in [0.1, 0.15) is 16.4 Å². The lowest BCUT2D eigenvalue weighted by Gasteiger charge is -2.09. The average Bonchev–Trinajstić information content (AvgIpc) is 3.36. The summed E-state index contributed by atoms with van der Waals surface area (Å²) in [6.45, 7) is -2.91. The Bertz CT molecular complexity index is 1230. The normalized spacial score (nSPS) is 12.2. The van der Waals surface area contributed by atoms with Gasteiger partial charge in [0.05, 0.1) is 26.8 Å². The standard InChI is InChI=1S/C23H15F2N3OS/c24-23(25)29-19-11-5-1-7-14(19)13-15(21-26-16-8-2-3-9-17(16)27-21)22-28-18-10-4-6-12-20(18)30-22/h1-13,23H,(H,26,27)/b15-13+. The van der Waals surface area contributed by atoms with Gasteiger partial charge in [0, 0.05) is 5.56 Å². The molecule has 4 nitrogen and oxygen atoms in total. The number of rotatable bonds is 5. The molecule has 0 aliphatic carbocycles. The van der Waals surface area contributed by atoms with Crippen molar-refractivity contribution in [2.24, 2.45) is 0 Å². The van der Waals surface area contributed by atoms with Crippen molar-refractivity contribution >= 4 is 44.2 Å². The number of aromatic amines is 1. The van der Waals surface area contributed by atoms with Crippen LogP contribution in [0.2, 0.25) is 0 Å². The number of alkyl halides is 2. The maximum Gasteiger partial charge on any atom is 0.387 e. The van der Waals surface area contributed by atoms with Gasteiger partial charge in [0.15, 0.2) is 0 Å². The predicted molar refractivity (Wildman–Crippen MR) is 116 cm³/mol. The zero-order valence-corrected chi connectivity index (χ0v) is 16.4. The second-order valence-corrected chi connectivity index (χ2v) is 7.59. The largest absolute Gasteiger partial charge is 0.434 e. The van der Waals surface area contributed by atoms with E-state index in [9.17, 15) is 8.78 Å². The van der Waals surface area contributed by atoms with Crippen LogP contribution < -0.4 is 4.74 Å². The van der Waals surface area contributed by atoms with Crippen LogP contribution in [0.25, 0.3) is 32.9 Å². The molecule has 0 spiro atoms. The Balaban J connectivity index is 1.71. The van der Waals surface area contributed by atoms with Gasteiger partial charge >= 0.3 is 6.61 Å². The molecule has 1 N–H and O–H groups in total. The summed E-state index contributed by atoms with van der Waals surface area (Å²) in [5, 5.41) is 0.738. The number of aromatic nitrogens is 3. The van der Waals surface area contributed by atoms with Crippen LogP contribution in [-0.4, -0.2) is 21.6 Å². The summed E-state index contributed by atoms with van der Waals surface area (Å²) in [4.78, 5) is 12.8. The molecule has 0 radical (unpaired) electrons. The maximum atomic E-state index is 12.9. The quantitative estimate of drug-likeness (QED) is 0.360.